The number of carbonyl (C=O) groups excluding carboxylic acids is 2. The Morgan fingerprint density at radius 2 is 2.04 bits per heavy atom. The predicted octanol–water partition coefficient (Wildman–Crippen LogP) is 2.10. The Balaban J connectivity index is 2.47. The summed E-state index contributed by atoms with van der Waals surface area (Å²) in [5.41, 5.74) is 0.872. The molecule has 1 aliphatic heterocycles. The molecule has 0 radical (unpaired) electrons. The number of para-hydroxylation sites is 1. The Morgan fingerprint density at radius 1 is 1.32 bits per heavy atom. The van der Waals surface area contributed by atoms with Crippen molar-refractivity contribution in [3.8, 4) is 5.75 Å². The largest absolute Gasteiger partial charge is 0.496 e. The van der Waals surface area contributed by atoms with Crippen LogP contribution in [0.2, 0.25) is 0 Å². The zero-order valence-electron chi connectivity index (χ0n) is 15.5. The van der Waals surface area contributed by atoms with Gasteiger partial charge in [0.15, 0.2) is 0 Å². The van der Waals surface area contributed by atoms with E-state index in [0.717, 1.165) is 5.56 Å². The van der Waals surface area contributed by atoms with Gasteiger partial charge in [-0.3, -0.25) is 9.59 Å². The third-order valence-corrected chi connectivity index (χ3v) is 4.87. The molecule has 1 fully saturated rings. The molecule has 0 saturated carbocycles. The molecule has 0 N–H and O–H groups in total. The average molecular weight is 348 g/mol. The van der Waals surface area contributed by atoms with Gasteiger partial charge in [0.05, 0.1) is 25.7 Å². The van der Waals surface area contributed by atoms with Crippen molar-refractivity contribution in [2.75, 3.05) is 41.0 Å². The van der Waals surface area contributed by atoms with Crippen molar-refractivity contribution in [3.63, 3.8) is 0 Å². The summed E-state index contributed by atoms with van der Waals surface area (Å²) in [5.74, 6) is 0.529. The van der Waals surface area contributed by atoms with Crippen molar-refractivity contribution in [1.29, 1.82) is 0 Å². The molecule has 2 rings (SSSR count). The van der Waals surface area contributed by atoms with E-state index in [0.29, 0.717) is 38.3 Å². The molecule has 2 amide bonds. The van der Waals surface area contributed by atoms with Gasteiger partial charge in [0, 0.05) is 39.2 Å². The topological polar surface area (TPSA) is 59.1 Å². The van der Waals surface area contributed by atoms with E-state index in [4.69, 9.17) is 9.47 Å². The monoisotopic (exact) mass is 348 g/mol. The number of carbonyl (C=O) groups is 2. The Labute approximate surface area is 149 Å². The van der Waals surface area contributed by atoms with Crippen LogP contribution in [0.15, 0.2) is 24.3 Å². The number of piperidine rings is 1. The van der Waals surface area contributed by atoms with Crippen molar-refractivity contribution >= 4 is 11.8 Å². The minimum Gasteiger partial charge on any atom is -0.496 e. The van der Waals surface area contributed by atoms with Gasteiger partial charge in [-0.2, -0.15) is 0 Å². The molecular formula is C19H28N2O4. The van der Waals surface area contributed by atoms with Gasteiger partial charge in [-0.05, 0) is 19.4 Å². The molecule has 0 unspecified atom stereocenters. The van der Waals surface area contributed by atoms with E-state index in [1.807, 2.05) is 31.2 Å². The fraction of sp³-hybridized carbons (Fsp3) is 0.579. The van der Waals surface area contributed by atoms with Crippen molar-refractivity contribution in [2.24, 2.45) is 5.92 Å². The van der Waals surface area contributed by atoms with Gasteiger partial charge in [-0.25, -0.2) is 0 Å². The number of methoxy groups -OCH3 is 2. The van der Waals surface area contributed by atoms with Crippen molar-refractivity contribution < 1.29 is 19.1 Å². The first-order chi connectivity index (χ1) is 12.0. The third-order valence-electron chi connectivity index (χ3n) is 4.87. The molecule has 2 atom stereocenters. The number of hydrogen-bond donors (Lipinski definition) is 0. The van der Waals surface area contributed by atoms with Gasteiger partial charge < -0.3 is 19.3 Å². The van der Waals surface area contributed by atoms with Crippen LogP contribution in [0.5, 0.6) is 5.75 Å². The van der Waals surface area contributed by atoms with Crippen LogP contribution >= 0.6 is 0 Å². The molecule has 0 aliphatic carbocycles. The lowest BCUT2D eigenvalue weighted by molar-refractivity contribution is -0.148. The van der Waals surface area contributed by atoms with Crippen LogP contribution in [-0.2, 0) is 14.3 Å². The molecule has 1 aromatic carbocycles. The number of rotatable bonds is 7. The highest BCUT2D eigenvalue weighted by Crippen LogP contribution is 2.41. The second-order valence-electron chi connectivity index (χ2n) is 6.26. The number of benzene rings is 1. The molecule has 0 bridgehead atoms. The molecule has 1 heterocycles. The van der Waals surface area contributed by atoms with E-state index in [9.17, 15) is 9.59 Å². The summed E-state index contributed by atoms with van der Waals surface area (Å²) in [7, 11) is 5.02. The first kappa shape index (κ1) is 19.2. The van der Waals surface area contributed by atoms with Crippen molar-refractivity contribution in [3.05, 3.63) is 29.8 Å². The molecule has 138 valence electrons. The minimum atomic E-state index is -0.339. The molecule has 1 aromatic rings. The van der Waals surface area contributed by atoms with Crippen LogP contribution in [0.1, 0.15) is 31.4 Å². The summed E-state index contributed by atoms with van der Waals surface area (Å²) in [6.45, 7) is 3.48. The third kappa shape index (κ3) is 4.12. The molecule has 25 heavy (non-hydrogen) atoms. The minimum absolute atomic E-state index is 0.0520. The zero-order chi connectivity index (χ0) is 18.4. The highest BCUT2D eigenvalue weighted by Gasteiger charge is 2.42. The van der Waals surface area contributed by atoms with Gasteiger partial charge in [-0.1, -0.05) is 18.2 Å². The van der Waals surface area contributed by atoms with Crippen molar-refractivity contribution in [1.82, 2.24) is 9.80 Å². The Hall–Kier alpha value is -2.08. The summed E-state index contributed by atoms with van der Waals surface area (Å²) >= 11 is 0. The summed E-state index contributed by atoms with van der Waals surface area (Å²) in [4.78, 5) is 29.0. The second kappa shape index (κ2) is 8.85. The maximum absolute atomic E-state index is 13.0. The second-order valence-corrected chi connectivity index (χ2v) is 6.26. The van der Waals surface area contributed by atoms with E-state index in [2.05, 4.69) is 0 Å². The van der Waals surface area contributed by atoms with Crippen LogP contribution in [0.25, 0.3) is 0 Å². The lowest BCUT2D eigenvalue weighted by Gasteiger charge is -2.42. The van der Waals surface area contributed by atoms with Gasteiger partial charge in [0.1, 0.15) is 5.75 Å². The molecular weight excluding hydrogens is 320 g/mol. The van der Waals surface area contributed by atoms with Gasteiger partial charge in [0.25, 0.3) is 0 Å². The lowest BCUT2D eigenvalue weighted by Crippen LogP contribution is -2.49. The highest BCUT2D eigenvalue weighted by molar-refractivity contribution is 5.85. The summed E-state index contributed by atoms with van der Waals surface area (Å²) in [6.07, 6.45) is 0.928. The predicted molar refractivity (Wildman–Crippen MR) is 95.4 cm³/mol. The van der Waals surface area contributed by atoms with Gasteiger partial charge >= 0.3 is 0 Å². The van der Waals surface area contributed by atoms with E-state index in [-0.39, 0.29) is 23.8 Å². The standard InChI is InChI=1S/C19H28N2O4/c1-5-20(2)19(23)15-10-11-17(22)21(12-13-24-3)18(15)14-8-6-7-9-16(14)25-4/h6-9,15,18H,5,10-13H2,1-4H3/t15-,18+/m1/s1. The number of hydrogen-bond acceptors (Lipinski definition) is 4. The normalized spacial score (nSPS) is 20.5. The van der Waals surface area contributed by atoms with Crippen LogP contribution in [0, 0.1) is 5.92 Å². The van der Waals surface area contributed by atoms with Crippen LogP contribution in [0.4, 0.5) is 0 Å². The van der Waals surface area contributed by atoms with Crippen LogP contribution in [-0.4, -0.2) is 62.6 Å². The number of ether oxygens (including phenoxy) is 2. The SMILES string of the molecule is CCN(C)C(=O)[C@@H]1CCC(=O)N(CCOC)[C@H]1c1ccccc1OC. The molecule has 6 nitrogen and oxygen atoms in total. The lowest BCUT2D eigenvalue weighted by atomic mass is 9.83. The van der Waals surface area contributed by atoms with E-state index >= 15 is 0 Å². The zero-order valence-corrected chi connectivity index (χ0v) is 15.5. The Kier molecular flexibility index (Phi) is 6.82. The summed E-state index contributed by atoms with van der Waals surface area (Å²) in [6, 6.07) is 7.27. The Bertz CT molecular complexity index is 605. The fourth-order valence-corrected chi connectivity index (χ4v) is 3.40. The first-order valence-corrected chi connectivity index (χ1v) is 8.71. The van der Waals surface area contributed by atoms with Gasteiger partial charge in [0.2, 0.25) is 11.8 Å². The molecule has 0 spiro atoms. The summed E-state index contributed by atoms with van der Waals surface area (Å²) < 4.78 is 10.7. The molecule has 1 aliphatic rings. The first-order valence-electron chi connectivity index (χ1n) is 8.71. The maximum Gasteiger partial charge on any atom is 0.227 e. The average Bonchev–Trinajstić information content (AvgIpc) is 2.65. The van der Waals surface area contributed by atoms with E-state index in [1.54, 1.807) is 31.1 Å². The Morgan fingerprint density at radius 3 is 2.68 bits per heavy atom. The fourth-order valence-electron chi connectivity index (χ4n) is 3.40. The molecule has 0 aromatic heterocycles. The maximum atomic E-state index is 13.0. The van der Waals surface area contributed by atoms with Crippen LogP contribution in [0.3, 0.4) is 0 Å². The van der Waals surface area contributed by atoms with Gasteiger partial charge in [-0.15, -0.1) is 0 Å². The summed E-state index contributed by atoms with van der Waals surface area (Å²) in [5, 5.41) is 0. The number of amides is 2. The van der Waals surface area contributed by atoms with Crippen molar-refractivity contribution in [2.45, 2.75) is 25.8 Å². The van der Waals surface area contributed by atoms with E-state index in [1.165, 1.54) is 0 Å². The van der Waals surface area contributed by atoms with E-state index < -0.39 is 0 Å². The molecule has 1 saturated heterocycles. The molecule has 6 heteroatoms. The number of likely N-dealkylation sites (tertiary alicyclic amines) is 1. The van der Waals surface area contributed by atoms with Crippen LogP contribution < -0.4 is 4.74 Å². The highest BCUT2D eigenvalue weighted by atomic mass is 16.5. The number of nitrogens with zero attached hydrogens (tertiary/aromatic N) is 2. The quantitative estimate of drug-likeness (QED) is 0.757. The smallest absolute Gasteiger partial charge is 0.227 e.